The van der Waals surface area contributed by atoms with Crippen LogP contribution in [-0.4, -0.2) is 25.0 Å². The molecule has 0 bridgehead atoms. The summed E-state index contributed by atoms with van der Waals surface area (Å²) in [7, 11) is -2.38. The maximum absolute atomic E-state index is 8.23. The maximum Gasteiger partial charge on any atom is 0.393 e. The van der Waals surface area contributed by atoms with Crippen molar-refractivity contribution in [2.24, 2.45) is 0 Å². The Labute approximate surface area is 51.5 Å². The Morgan fingerprint density at radius 1 is 1.67 bits per heavy atom. The Bertz CT molecular complexity index is 164. The summed E-state index contributed by atoms with van der Waals surface area (Å²) in [6.45, 7) is 0. The number of nitrogens with zero attached hydrogens (tertiary/aromatic N) is 2. The van der Waals surface area contributed by atoms with Gasteiger partial charge in [0.25, 0.3) is 0 Å². The highest BCUT2D eigenvalue weighted by Gasteiger charge is 2.02. The van der Waals surface area contributed by atoms with E-state index in [2.05, 4.69) is 19.7 Å². The van der Waals surface area contributed by atoms with Crippen LogP contribution in [0.4, 0.5) is 0 Å². The first-order valence-electron chi connectivity index (χ1n) is 2.00. The van der Waals surface area contributed by atoms with Gasteiger partial charge in [-0.25, -0.2) is 5.10 Å². The van der Waals surface area contributed by atoms with Crippen LogP contribution < -0.4 is 4.52 Å². The van der Waals surface area contributed by atoms with Gasteiger partial charge in [-0.2, -0.15) is 10.1 Å². The molecular weight excluding hydrogens is 145 g/mol. The lowest BCUT2D eigenvalue weighted by Gasteiger charge is -1.97. The van der Waals surface area contributed by atoms with Gasteiger partial charge in [0.1, 0.15) is 6.33 Å². The number of hydrogen-bond donors (Lipinski definition) is 3. The van der Waals surface area contributed by atoms with E-state index in [4.69, 9.17) is 9.79 Å². The zero-order chi connectivity index (χ0) is 6.69. The van der Waals surface area contributed by atoms with Crippen LogP contribution in [0.15, 0.2) is 6.33 Å². The summed E-state index contributed by atoms with van der Waals surface area (Å²) in [6, 6.07) is 0.00566. The molecule has 0 saturated heterocycles. The van der Waals surface area contributed by atoms with Gasteiger partial charge in [-0.1, -0.05) is 0 Å². The van der Waals surface area contributed by atoms with E-state index in [1.54, 1.807) is 0 Å². The molecule has 50 valence electrons. The largest absolute Gasteiger partial charge is 0.393 e. The second-order valence-electron chi connectivity index (χ2n) is 1.13. The van der Waals surface area contributed by atoms with Crippen molar-refractivity contribution in [2.75, 3.05) is 0 Å². The van der Waals surface area contributed by atoms with Crippen molar-refractivity contribution >= 4 is 8.60 Å². The average molecular weight is 149 g/mol. The third-order valence-electron chi connectivity index (χ3n) is 0.561. The highest BCUT2D eigenvalue weighted by Crippen LogP contribution is 2.24. The van der Waals surface area contributed by atoms with Crippen molar-refractivity contribution < 1.29 is 14.3 Å². The fraction of sp³-hybridized carbons (Fsp3) is 0. The van der Waals surface area contributed by atoms with Crippen LogP contribution >= 0.6 is 8.60 Å². The minimum Gasteiger partial charge on any atom is -0.392 e. The van der Waals surface area contributed by atoms with E-state index < -0.39 is 8.60 Å². The SMILES string of the molecule is OP(O)Oc1ncn[nH]1. The molecule has 6 nitrogen and oxygen atoms in total. The molecule has 0 saturated carbocycles. The molecule has 0 spiro atoms. The first-order valence-corrected chi connectivity index (χ1v) is 3.17. The third kappa shape index (κ3) is 1.93. The van der Waals surface area contributed by atoms with Crippen molar-refractivity contribution in [3.8, 4) is 6.01 Å². The normalized spacial score (nSPS) is 10.1. The zero-order valence-corrected chi connectivity index (χ0v) is 5.12. The van der Waals surface area contributed by atoms with Gasteiger partial charge in [0.2, 0.25) is 0 Å². The van der Waals surface area contributed by atoms with Gasteiger partial charge in [-0.05, 0) is 0 Å². The van der Waals surface area contributed by atoms with Gasteiger partial charge < -0.3 is 14.3 Å². The predicted molar refractivity (Wildman–Crippen MR) is 28.4 cm³/mol. The van der Waals surface area contributed by atoms with Crippen molar-refractivity contribution in [3.63, 3.8) is 0 Å². The van der Waals surface area contributed by atoms with E-state index in [1.165, 1.54) is 6.33 Å². The fourth-order valence-electron chi connectivity index (χ4n) is 0.316. The molecule has 1 aromatic rings. The maximum atomic E-state index is 8.23. The molecule has 1 aromatic heterocycles. The lowest BCUT2D eigenvalue weighted by molar-refractivity contribution is 0.363. The zero-order valence-electron chi connectivity index (χ0n) is 4.22. The minimum absolute atomic E-state index is 0.00566. The molecule has 3 N–H and O–H groups in total. The highest BCUT2D eigenvalue weighted by molar-refractivity contribution is 7.39. The number of aromatic amines is 1. The highest BCUT2D eigenvalue weighted by atomic mass is 31.2. The van der Waals surface area contributed by atoms with E-state index >= 15 is 0 Å². The molecule has 1 heterocycles. The van der Waals surface area contributed by atoms with Crippen LogP contribution in [0.3, 0.4) is 0 Å². The standard InChI is InChI=1S/C2H4N3O3P/c6-9(7)8-2-3-1-4-5-2/h1,6-7H,(H,3,4,5). The van der Waals surface area contributed by atoms with Gasteiger partial charge in [-0.15, -0.1) is 0 Å². The van der Waals surface area contributed by atoms with Crippen molar-refractivity contribution in [1.29, 1.82) is 0 Å². The number of aromatic nitrogens is 3. The molecule has 9 heavy (non-hydrogen) atoms. The van der Waals surface area contributed by atoms with Gasteiger partial charge in [0, 0.05) is 0 Å². The number of H-pyrrole nitrogens is 1. The molecule has 0 radical (unpaired) electrons. The van der Waals surface area contributed by atoms with E-state index in [0.717, 1.165) is 0 Å². The van der Waals surface area contributed by atoms with Gasteiger partial charge >= 0.3 is 14.6 Å². The van der Waals surface area contributed by atoms with Gasteiger partial charge in [0.05, 0.1) is 0 Å². The Hall–Kier alpha value is -0.710. The van der Waals surface area contributed by atoms with Crippen LogP contribution in [0.1, 0.15) is 0 Å². The van der Waals surface area contributed by atoms with E-state index in [-0.39, 0.29) is 6.01 Å². The Balaban J connectivity index is 2.48. The summed E-state index contributed by atoms with van der Waals surface area (Å²) in [4.78, 5) is 19.9. The molecule has 0 amide bonds. The fourth-order valence-corrected chi connectivity index (χ4v) is 0.558. The molecule has 1 rings (SSSR count). The van der Waals surface area contributed by atoms with Gasteiger partial charge in [-0.3, -0.25) is 0 Å². The first kappa shape index (κ1) is 6.41. The second kappa shape index (κ2) is 2.72. The summed E-state index contributed by atoms with van der Waals surface area (Å²) in [5.41, 5.74) is 0. The Kier molecular flexibility index (Phi) is 1.94. The lowest BCUT2D eigenvalue weighted by Crippen LogP contribution is -1.86. The minimum atomic E-state index is -2.38. The Morgan fingerprint density at radius 3 is 2.89 bits per heavy atom. The number of rotatable bonds is 2. The molecule has 7 heteroatoms. The molecule has 0 atom stereocenters. The molecule has 0 aliphatic carbocycles. The monoisotopic (exact) mass is 149 g/mol. The van der Waals surface area contributed by atoms with Crippen LogP contribution in [0, 0.1) is 0 Å². The van der Waals surface area contributed by atoms with Crippen molar-refractivity contribution in [3.05, 3.63) is 6.33 Å². The second-order valence-corrected chi connectivity index (χ2v) is 1.82. The number of nitrogens with one attached hydrogen (secondary N) is 1. The van der Waals surface area contributed by atoms with Crippen LogP contribution in [0.5, 0.6) is 6.01 Å². The summed E-state index contributed by atoms with van der Waals surface area (Å²) in [5.74, 6) is 0. The van der Waals surface area contributed by atoms with E-state index in [1.807, 2.05) is 0 Å². The summed E-state index contributed by atoms with van der Waals surface area (Å²) < 4.78 is 4.30. The smallest absolute Gasteiger partial charge is 0.392 e. The molecule has 0 aliphatic rings. The molecule has 0 aliphatic heterocycles. The average Bonchev–Trinajstić information content (AvgIpc) is 2.15. The van der Waals surface area contributed by atoms with Crippen molar-refractivity contribution in [2.45, 2.75) is 0 Å². The van der Waals surface area contributed by atoms with Crippen molar-refractivity contribution in [1.82, 2.24) is 15.2 Å². The van der Waals surface area contributed by atoms with Gasteiger partial charge in [0.15, 0.2) is 0 Å². The molecule has 0 aromatic carbocycles. The first-order chi connectivity index (χ1) is 4.29. The predicted octanol–water partition coefficient (Wildman–Crippen LogP) is -0.605. The lowest BCUT2D eigenvalue weighted by atomic mass is 11.2. The molecule has 0 fully saturated rings. The van der Waals surface area contributed by atoms with Crippen LogP contribution in [-0.2, 0) is 0 Å². The molecule has 0 unspecified atom stereocenters. The quantitative estimate of drug-likeness (QED) is 0.488. The number of hydrogen-bond acceptors (Lipinski definition) is 5. The van der Waals surface area contributed by atoms with Crippen LogP contribution in [0.25, 0.3) is 0 Å². The topological polar surface area (TPSA) is 91.3 Å². The molecular formula is C2H4N3O3P. The van der Waals surface area contributed by atoms with Crippen LogP contribution in [0.2, 0.25) is 0 Å². The third-order valence-corrected chi connectivity index (χ3v) is 0.897. The Morgan fingerprint density at radius 2 is 2.44 bits per heavy atom. The summed E-state index contributed by atoms with van der Waals surface area (Å²) in [5, 5.41) is 5.68. The van der Waals surface area contributed by atoms with E-state index in [9.17, 15) is 0 Å². The summed E-state index contributed by atoms with van der Waals surface area (Å²) in [6.07, 6.45) is 1.20. The summed E-state index contributed by atoms with van der Waals surface area (Å²) >= 11 is 0. The van der Waals surface area contributed by atoms with E-state index in [0.29, 0.717) is 0 Å².